The fourth-order valence-corrected chi connectivity index (χ4v) is 6.06. The lowest BCUT2D eigenvalue weighted by molar-refractivity contribution is -0.137. The summed E-state index contributed by atoms with van der Waals surface area (Å²) in [7, 11) is -3.64. The van der Waals surface area contributed by atoms with Crippen LogP contribution in [-0.2, 0) is 16.0 Å². The average Bonchev–Trinajstić information content (AvgIpc) is 2.73. The Morgan fingerprint density at radius 3 is 2.06 bits per heavy atom. The fourth-order valence-electron chi connectivity index (χ4n) is 4.99. The molecule has 0 amide bonds. The predicted octanol–water partition coefficient (Wildman–Crippen LogP) is 5.47. The molecule has 0 N–H and O–H groups in total. The van der Waals surface area contributed by atoms with E-state index < -0.39 is 26.8 Å². The second-order valence-electron chi connectivity index (χ2n) is 10.1. The van der Waals surface area contributed by atoms with E-state index >= 15 is 0 Å². The highest BCUT2D eigenvalue weighted by molar-refractivity contribution is 7.92. The van der Waals surface area contributed by atoms with Crippen molar-refractivity contribution in [3.05, 3.63) is 23.8 Å². The predicted molar refractivity (Wildman–Crippen MR) is 123 cm³/mol. The van der Waals surface area contributed by atoms with Crippen molar-refractivity contribution in [2.45, 2.75) is 69.7 Å². The number of halogens is 3. The van der Waals surface area contributed by atoms with Crippen LogP contribution in [0.5, 0.6) is 0 Å². The highest BCUT2D eigenvalue weighted by Gasteiger charge is 2.37. The molecule has 2 fully saturated rings. The summed E-state index contributed by atoms with van der Waals surface area (Å²) in [6, 6.07) is 3.25. The molecule has 182 valence electrons. The Hall–Kier alpha value is -1.28. The van der Waals surface area contributed by atoms with E-state index in [-0.39, 0.29) is 10.6 Å². The summed E-state index contributed by atoms with van der Waals surface area (Å²) in [4.78, 5) is 4.20. The third-order valence-electron chi connectivity index (χ3n) is 7.27. The molecule has 2 aliphatic heterocycles. The Bertz CT molecular complexity index is 868. The molecule has 3 rings (SSSR count). The molecule has 0 saturated carbocycles. The number of hydrogen-bond donors (Lipinski definition) is 0. The standard InChI is InChI=1S/C24H37F3N2O2S/c1-17(2)20-9-11-28(12-10-20)16-19-7-13-29(14-8-19)23-15-21(32(30,31)18(3)4)5-6-22(23)24(25,26)27/h5-6,15,17-20H,7-14,16H2,1-4H3. The minimum atomic E-state index is -4.52. The highest BCUT2D eigenvalue weighted by atomic mass is 32.2. The van der Waals surface area contributed by atoms with E-state index in [1.165, 1.54) is 18.9 Å². The van der Waals surface area contributed by atoms with Gasteiger partial charge in [-0.2, -0.15) is 13.2 Å². The van der Waals surface area contributed by atoms with Crippen LogP contribution in [0.25, 0.3) is 0 Å². The lowest BCUT2D eigenvalue weighted by Crippen LogP contribution is -2.42. The Kier molecular flexibility index (Phi) is 7.85. The summed E-state index contributed by atoms with van der Waals surface area (Å²) in [5.41, 5.74) is -0.759. The molecule has 0 aliphatic carbocycles. The van der Waals surface area contributed by atoms with Crippen molar-refractivity contribution in [3.8, 4) is 0 Å². The van der Waals surface area contributed by atoms with Gasteiger partial charge < -0.3 is 9.80 Å². The maximum absolute atomic E-state index is 13.7. The lowest BCUT2D eigenvalue weighted by Gasteiger charge is -2.39. The Morgan fingerprint density at radius 2 is 1.56 bits per heavy atom. The topological polar surface area (TPSA) is 40.6 Å². The monoisotopic (exact) mass is 474 g/mol. The van der Waals surface area contributed by atoms with Gasteiger partial charge in [0.15, 0.2) is 9.84 Å². The SMILES string of the molecule is CC(C)C1CCN(CC2CCN(c3cc(S(=O)(=O)C(C)C)ccc3C(F)(F)F)CC2)CC1. The van der Waals surface area contributed by atoms with Crippen LogP contribution in [-0.4, -0.2) is 51.3 Å². The Labute approximate surface area is 191 Å². The largest absolute Gasteiger partial charge is 0.418 e. The fraction of sp³-hybridized carbons (Fsp3) is 0.750. The number of nitrogens with zero attached hydrogens (tertiary/aromatic N) is 2. The normalized spacial score (nSPS) is 20.5. The van der Waals surface area contributed by atoms with Gasteiger partial charge in [-0.25, -0.2) is 8.42 Å². The maximum atomic E-state index is 13.7. The summed E-state index contributed by atoms with van der Waals surface area (Å²) in [6.45, 7) is 11.9. The third-order valence-corrected chi connectivity index (χ3v) is 9.42. The van der Waals surface area contributed by atoms with E-state index in [2.05, 4.69) is 18.7 Å². The number of likely N-dealkylation sites (tertiary alicyclic amines) is 1. The first kappa shape index (κ1) is 25.3. The molecule has 0 atom stereocenters. The molecular weight excluding hydrogens is 437 g/mol. The maximum Gasteiger partial charge on any atom is 0.418 e. The van der Waals surface area contributed by atoms with Crippen molar-refractivity contribution in [1.29, 1.82) is 0 Å². The molecule has 0 spiro atoms. The zero-order valence-corrected chi connectivity index (χ0v) is 20.5. The van der Waals surface area contributed by atoms with E-state index in [9.17, 15) is 21.6 Å². The molecule has 0 radical (unpaired) electrons. The van der Waals surface area contributed by atoms with Crippen LogP contribution in [0, 0.1) is 17.8 Å². The molecule has 0 unspecified atom stereocenters. The van der Waals surface area contributed by atoms with Gasteiger partial charge in [-0.1, -0.05) is 13.8 Å². The second kappa shape index (κ2) is 9.92. The van der Waals surface area contributed by atoms with Crippen LogP contribution in [0.2, 0.25) is 0 Å². The van der Waals surface area contributed by atoms with Crippen molar-refractivity contribution >= 4 is 15.5 Å². The van der Waals surface area contributed by atoms with Crippen molar-refractivity contribution in [2.75, 3.05) is 37.6 Å². The molecule has 2 heterocycles. The number of alkyl halides is 3. The smallest absolute Gasteiger partial charge is 0.371 e. The molecule has 8 heteroatoms. The summed E-state index contributed by atoms with van der Waals surface area (Å²) in [5, 5.41) is -0.683. The van der Waals surface area contributed by atoms with Gasteiger partial charge in [0.2, 0.25) is 0 Å². The molecule has 0 aromatic heterocycles. The van der Waals surface area contributed by atoms with Gasteiger partial charge in [0.25, 0.3) is 0 Å². The first-order chi connectivity index (χ1) is 14.9. The Morgan fingerprint density at radius 1 is 0.969 bits per heavy atom. The van der Waals surface area contributed by atoms with Gasteiger partial charge in [0, 0.05) is 19.6 Å². The van der Waals surface area contributed by atoms with Crippen LogP contribution in [0.3, 0.4) is 0 Å². The van der Waals surface area contributed by atoms with E-state index in [4.69, 9.17) is 0 Å². The van der Waals surface area contributed by atoms with Crippen molar-refractivity contribution in [1.82, 2.24) is 4.90 Å². The lowest BCUT2D eigenvalue weighted by atomic mass is 9.86. The first-order valence-corrected chi connectivity index (χ1v) is 13.4. The Balaban J connectivity index is 1.69. The first-order valence-electron chi connectivity index (χ1n) is 11.8. The van der Waals surface area contributed by atoms with E-state index in [0.29, 0.717) is 19.0 Å². The summed E-state index contributed by atoms with van der Waals surface area (Å²) >= 11 is 0. The molecule has 32 heavy (non-hydrogen) atoms. The summed E-state index contributed by atoms with van der Waals surface area (Å²) in [6.07, 6.45) is -0.427. The zero-order valence-electron chi connectivity index (χ0n) is 19.7. The van der Waals surface area contributed by atoms with Crippen molar-refractivity contribution in [2.24, 2.45) is 17.8 Å². The number of anilines is 1. The van der Waals surface area contributed by atoms with E-state index in [0.717, 1.165) is 56.4 Å². The number of sulfone groups is 1. The molecule has 1 aromatic rings. The average molecular weight is 475 g/mol. The quantitative estimate of drug-likeness (QED) is 0.548. The molecule has 2 saturated heterocycles. The van der Waals surface area contributed by atoms with Gasteiger partial charge in [0.1, 0.15) is 0 Å². The van der Waals surface area contributed by atoms with Crippen LogP contribution >= 0.6 is 0 Å². The van der Waals surface area contributed by atoms with Crippen LogP contribution in [0.15, 0.2) is 23.1 Å². The highest BCUT2D eigenvalue weighted by Crippen LogP contribution is 2.39. The van der Waals surface area contributed by atoms with E-state index in [1.807, 2.05) is 0 Å². The van der Waals surface area contributed by atoms with Gasteiger partial charge >= 0.3 is 6.18 Å². The van der Waals surface area contributed by atoms with Gasteiger partial charge in [-0.3, -0.25) is 0 Å². The van der Waals surface area contributed by atoms with Crippen LogP contribution in [0.4, 0.5) is 18.9 Å². The van der Waals surface area contributed by atoms with E-state index in [1.54, 1.807) is 18.7 Å². The van der Waals surface area contributed by atoms with Crippen molar-refractivity contribution < 1.29 is 21.6 Å². The van der Waals surface area contributed by atoms with Crippen LogP contribution in [0.1, 0.15) is 58.9 Å². The molecular formula is C24H37F3N2O2S. The molecule has 2 aliphatic rings. The summed E-state index contributed by atoms with van der Waals surface area (Å²) < 4.78 is 66.2. The number of rotatable bonds is 6. The van der Waals surface area contributed by atoms with Gasteiger partial charge in [-0.15, -0.1) is 0 Å². The third kappa shape index (κ3) is 5.79. The minimum absolute atomic E-state index is 0.00424. The minimum Gasteiger partial charge on any atom is -0.371 e. The molecule has 1 aromatic carbocycles. The van der Waals surface area contributed by atoms with Gasteiger partial charge in [0.05, 0.1) is 21.4 Å². The molecule has 4 nitrogen and oxygen atoms in total. The van der Waals surface area contributed by atoms with Crippen molar-refractivity contribution in [3.63, 3.8) is 0 Å². The van der Waals surface area contributed by atoms with Gasteiger partial charge in [-0.05, 0) is 88.6 Å². The number of benzene rings is 1. The van der Waals surface area contributed by atoms with Crippen LogP contribution < -0.4 is 4.90 Å². The number of hydrogen-bond acceptors (Lipinski definition) is 4. The summed E-state index contributed by atoms with van der Waals surface area (Å²) in [5.74, 6) is 1.99. The second-order valence-corrected chi connectivity index (χ2v) is 12.6. The molecule has 0 bridgehead atoms. The zero-order chi connectivity index (χ0) is 23.7. The number of piperidine rings is 2.